The van der Waals surface area contributed by atoms with Crippen LogP contribution in [-0.4, -0.2) is 27.7 Å². The van der Waals surface area contributed by atoms with Gasteiger partial charge in [0.15, 0.2) is 11.3 Å². The van der Waals surface area contributed by atoms with Crippen molar-refractivity contribution in [3.8, 4) is 11.1 Å². The Balaban J connectivity index is 1.99. The molecule has 1 aliphatic carbocycles. The van der Waals surface area contributed by atoms with Crippen molar-refractivity contribution in [1.29, 1.82) is 0 Å². The molecule has 0 radical (unpaired) electrons. The number of ether oxygens (including phenoxy) is 1. The van der Waals surface area contributed by atoms with E-state index in [1.807, 2.05) is 12.1 Å². The van der Waals surface area contributed by atoms with E-state index in [1.165, 1.54) is 11.6 Å². The van der Waals surface area contributed by atoms with Crippen molar-refractivity contribution in [3.05, 3.63) is 51.9 Å². The summed E-state index contributed by atoms with van der Waals surface area (Å²) in [4.78, 5) is 16.9. The molecule has 0 amide bonds. The van der Waals surface area contributed by atoms with E-state index < -0.39 is 5.97 Å². The lowest BCUT2D eigenvalue weighted by atomic mass is 10.1. The van der Waals surface area contributed by atoms with Gasteiger partial charge in [-0.1, -0.05) is 35.3 Å². The van der Waals surface area contributed by atoms with Crippen molar-refractivity contribution < 1.29 is 9.53 Å². The van der Waals surface area contributed by atoms with Crippen LogP contribution in [-0.2, 0) is 4.74 Å². The molecular weight excluding hydrogens is 349 g/mol. The van der Waals surface area contributed by atoms with Crippen LogP contribution in [0.5, 0.6) is 0 Å². The second-order valence-electron chi connectivity index (χ2n) is 5.73. The summed E-state index contributed by atoms with van der Waals surface area (Å²) in [6.07, 6.45) is 3.72. The van der Waals surface area contributed by atoms with Crippen molar-refractivity contribution in [1.82, 2.24) is 14.6 Å². The van der Waals surface area contributed by atoms with Crippen LogP contribution < -0.4 is 0 Å². The van der Waals surface area contributed by atoms with Gasteiger partial charge in [0.05, 0.1) is 24.0 Å². The molecule has 0 spiro atoms. The van der Waals surface area contributed by atoms with Crippen molar-refractivity contribution in [2.24, 2.45) is 0 Å². The molecular formula is C17H13Cl2N3O2. The lowest BCUT2D eigenvalue weighted by Gasteiger charge is -2.10. The monoisotopic (exact) mass is 361 g/mol. The van der Waals surface area contributed by atoms with Crippen molar-refractivity contribution in [3.63, 3.8) is 0 Å². The maximum atomic E-state index is 12.2. The minimum absolute atomic E-state index is 0.214. The molecule has 7 heteroatoms. The lowest BCUT2D eigenvalue weighted by Crippen LogP contribution is -2.13. The van der Waals surface area contributed by atoms with Gasteiger partial charge in [-0.15, -0.1) is 0 Å². The van der Waals surface area contributed by atoms with E-state index in [-0.39, 0.29) is 5.69 Å². The molecule has 0 N–H and O–H groups in total. The largest absolute Gasteiger partial charge is 0.464 e. The number of methoxy groups -OCH3 is 1. The van der Waals surface area contributed by atoms with Crippen molar-refractivity contribution in [2.75, 3.05) is 7.11 Å². The molecule has 5 nitrogen and oxygen atoms in total. The number of carbonyl (C=O) groups excluding carboxylic acids is 1. The first-order valence-electron chi connectivity index (χ1n) is 7.51. The molecule has 2 aromatic heterocycles. The smallest absolute Gasteiger partial charge is 0.358 e. The number of halogens is 2. The van der Waals surface area contributed by atoms with Crippen LogP contribution in [0.3, 0.4) is 0 Å². The molecule has 2 heterocycles. The predicted octanol–water partition coefficient (Wildman–Crippen LogP) is 4.37. The van der Waals surface area contributed by atoms with Gasteiger partial charge in [-0.25, -0.2) is 14.3 Å². The van der Waals surface area contributed by atoms with Crippen LogP contribution in [0.25, 0.3) is 16.8 Å². The highest BCUT2D eigenvalue weighted by Crippen LogP contribution is 2.44. The maximum Gasteiger partial charge on any atom is 0.358 e. The maximum absolute atomic E-state index is 12.2. The van der Waals surface area contributed by atoms with Crippen LogP contribution >= 0.6 is 23.2 Å². The molecule has 4 rings (SSSR count). The van der Waals surface area contributed by atoms with Gasteiger partial charge >= 0.3 is 5.97 Å². The molecule has 1 aliphatic rings. The van der Waals surface area contributed by atoms with Gasteiger partial charge in [-0.3, -0.25) is 0 Å². The van der Waals surface area contributed by atoms with E-state index in [1.54, 1.807) is 18.3 Å². The first-order valence-corrected chi connectivity index (χ1v) is 8.27. The van der Waals surface area contributed by atoms with Gasteiger partial charge in [0, 0.05) is 16.5 Å². The van der Waals surface area contributed by atoms with E-state index in [9.17, 15) is 4.79 Å². The topological polar surface area (TPSA) is 56.5 Å². The Bertz CT molecular complexity index is 947. The van der Waals surface area contributed by atoms with Crippen LogP contribution in [0.2, 0.25) is 10.0 Å². The summed E-state index contributed by atoms with van der Waals surface area (Å²) in [5.74, 6) is -0.237. The van der Waals surface area contributed by atoms with E-state index in [0.29, 0.717) is 21.6 Å². The Hall–Kier alpha value is -2.11. The number of hydrogen-bond donors (Lipinski definition) is 0. The van der Waals surface area contributed by atoms with Gasteiger partial charge in [-0.2, -0.15) is 5.10 Å². The third kappa shape index (κ3) is 2.44. The average Bonchev–Trinajstić information content (AvgIpc) is 3.35. The number of hydrogen-bond acceptors (Lipinski definition) is 4. The SMILES string of the molecule is COC(=O)c1c(Cl)c(C2CC2)nc2c(-c3ccc(Cl)cc3)cnn12. The van der Waals surface area contributed by atoms with Gasteiger partial charge in [0.25, 0.3) is 0 Å². The molecule has 24 heavy (non-hydrogen) atoms. The summed E-state index contributed by atoms with van der Waals surface area (Å²) in [6.45, 7) is 0. The highest BCUT2D eigenvalue weighted by Gasteiger charge is 2.32. The molecule has 1 aromatic carbocycles. The minimum Gasteiger partial charge on any atom is -0.464 e. The van der Waals surface area contributed by atoms with Gasteiger partial charge in [-0.05, 0) is 30.5 Å². The fraction of sp³-hybridized carbons (Fsp3) is 0.235. The van der Waals surface area contributed by atoms with Crippen LogP contribution in [0.15, 0.2) is 30.5 Å². The third-order valence-electron chi connectivity index (χ3n) is 4.11. The van der Waals surface area contributed by atoms with E-state index in [4.69, 9.17) is 32.9 Å². The zero-order valence-corrected chi connectivity index (χ0v) is 14.3. The summed E-state index contributed by atoms with van der Waals surface area (Å²) >= 11 is 12.4. The summed E-state index contributed by atoms with van der Waals surface area (Å²) in [6, 6.07) is 7.40. The molecule has 0 aliphatic heterocycles. The molecule has 1 fully saturated rings. The first-order chi connectivity index (χ1) is 11.6. The van der Waals surface area contributed by atoms with E-state index >= 15 is 0 Å². The number of esters is 1. The van der Waals surface area contributed by atoms with Gasteiger partial charge in [0.1, 0.15) is 0 Å². The highest BCUT2D eigenvalue weighted by atomic mass is 35.5. The van der Waals surface area contributed by atoms with E-state index in [0.717, 1.165) is 29.7 Å². The number of carbonyl (C=O) groups is 1. The van der Waals surface area contributed by atoms with Crippen molar-refractivity contribution in [2.45, 2.75) is 18.8 Å². The second kappa shape index (κ2) is 5.76. The molecule has 3 aromatic rings. The van der Waals surface area contributed by atoms with Crippen molar-refractivity contribution >= 4 is 34.8 Å². The Morgan fingerprint density at radius 1 is 1.25 bits per heavy atom. The predicted molar refractivity (Wildman–Crippen MR) is 91.8 cm³/mol. The molecule has 0 unspecified atom stereocenters. The van der Waals surface area contributed by atoms with E-state index in [2.05, 4.69) is 5.10 Å². The Morgan fingerprint density at radius 2 is 1.96 bits per heavy atom. The summed E-state index contributed by atoms with van der Waals surface area (Å²) in [7, 11) is 1.32. The van der Waals surface area contributed by atoms with Crippen LogP contribution in [0, 0.1) is 0 Å². The van der Waals surface area contributed by atoms with Crippen LogP contribution in [0.4, 0.5) is 0 Å². The van der Waals surface area contributed by atoms with Crippen LogP contribution in [0.1, 0.15) is 34.9 Å². The molecule has 0 atom stereocenters. The lowest BCUT2D eigenvalue weighted by molar-refractivity contribution is 0.0590. The molecule has 122 valence electrons. The second-order valence-corrected chi connectivity index (χ2v) is 6.54. The highest BCUT2D eigenvalue weighted by molar-refractivity contribution is 6.34. The number of rotatable bonds is 3. The number of fused-ring (bicyclic) bond motifs is 1. The number of nitrogens with zero attached hydrogens (tertiary/aromatic N) is 3. The number of benzene rings is 1. The quantitative estimate of drug-likeness (QED) is 0.650. The standard InChI is InChI=1S/C17H13Cl2N3O2/c1-24-17(23)15-13(19)14(10-2-3-10)21-16-12(8-20-22(15)16)9-4-6-11(18)7-5-9/h4-8,10H,2-3H2,1H3. The number of aromatic nitrogens is 3. The fourth-order valence-electron chi connectivity index (χ4n) is 2.72. The average molecular weight is 362 g/mol. The fourth-order valence-corrected chi connectivity index (χ4v) is 3.20. The third-order valence-corrected chi connectivity index (χ3v) is 4.74. The summed E-state index contributed by atoms with van der Waals surface area (Å²) < 4.78 is 6.33. The first kappa shape index (κ1) is 15.4. The Labute approximate surface area is 148 Å². The zero-order chi connectivity index (χ0) is 16.8. The Morgan fingerprint density at radius 3 is 2.58 bits per heavy atom. The summed E-state index contributed by atoms with van der Waals surface area (Å²) in [5.41, 5.74) is 3.27. The van der Waals surface area contributed by atoms with Gasteiger partial charge in [0.2, 0.25) is 0 Å². The zero-order valence-electron chi connectivity index (χ0n) is 12.8. The minimum atomic E-state index is -0.528. The van der Waals surface area contributed by atoms with Gasteiger partial charge < -0.3 is 4.74 Å². The summed E-state index contributed by atoms with van der Waals surface area (Å²) in [5, 5.41) is 5.28. The Kier molecular flexibility index (Phi) is 3.70. The normalized spacial score (nSPS) is 14.1. The molecule has 0 bridgehead atoms. The molecule has 1 saturated carbocycles. The molecule has 0 saturated heterocycles.